The molecule has 0 radical (unpaired) electrons. The van der Waals surface area contributed by atoms with E-state index in [2.05, 4.69) is 15.4 Å². The average Bonchev–Trinajstić information content (AvgIpc) is 3.21. The molecule has 4 rings (SSSR count). The number of aryl methyl sites for hydroxylation is 1. The van der Waals surface area contributed by atoms with Crippen LogP contribution in [0.25, 0.3) is 10.8 Å². The molecule has 0 aliphatic rings. The molecule has 0 spiro atoms. The number of carbonyl (C=O) groups excluding carboxylic acids is 1. The molecule has 170 valence electrons. The standard InChI is InChI=1S/C22H16ClF3N4O2S/c1-2-30-20(32)16-6-4-3-5-15(16)18(29-30)19(31)28-21-27-11-14(33-21)10-12-9-13(22(24,25)26)7-8-17(12)23/h3-9,11H,2,10H2,1H3,(H,27,28,31). The second-order valence-electron chi connectivity index (χ2n) is 7.08. The molecule has 1 N–H and O–H groups in total. The molecule has 11 heteroatoms. The van der Waals surface area contributed by atoms with Crippen molar-refractivity contribution in [3.05, 3.63) is 85.7 Å². The number of nitrogens with zero attached hydrogens (tertiary/aromatic N) is 3. The number of amides is 1. The summed E-state index contributed by atoms with van der Waals surface area (Å²) in [5, 5.41) is 8.08. The molecule has 0 atom stereocenters. The Morgan fingerprint density at radius 2 is 1.91 bits per heavy atom. The van der Waals surface area contributed by atoms with Crippen molar-refractivity contribution >= 4 is 44.7 Å². The topological polar surface area (TPSA) is 76.9 Å². The van der Waals surface area contributed by atoms with Gasteiger partial charge in [0, 0.05) is 34.4 Å². The van der Waals surface area contributed by atoms with Crippen LogP contribution in [0.1, 0.15) is 33.4 Å². The normalized spacial score (nSPS) is 11.7. The van der Waals surface area contributed by atoms with Crippen molar-refractivity contribution in [2.24, 2.45) is 0 Å². The Kier molecular flexibility index (Phi) is 6.22. The zero-order valence-electron chi connectivity index (χ0n) is 17.1. The molecule has 0 bridgehead atoms. The van der Waals surface area contributed by atoms with Crippen molar-refractivity contribution in [1.82, 2.24) is 14.8 Å². The van der Waals surface area contributed by atoms with Gasteiger partial charge in [-0.1, -0.05) is 29.8 Å². The Balaban J connectivity index is 1.59. The van der Waals surface area contributed by atoms with Crippen molar-refractivity contribution in [2.75, 3.05) is 5.32 Å². The molecule has 2 aromatic carbocycles. The number of hydrogen-bond acceptors (Lipinski definition) is 5. The number of hydrogen-bond donors (Lipinski definition) is 1. The number of benzene rings is 2. The third kappa shape index (κ3) is 4.76. The van der Waals surface area contributed by atoms with E-state index < -0.39 is 17.6 Å². The van der Waals surface area contributed by atoms with Gasteiger partial charge in [-0.2, -0.15) is 18.3 Å². The smallest absolute Gasteiger partial charge is 0.296 e. The van der Waals surface area contributed by atoms with Gasteiger partial charge in [0.15, 0.2) is 10.8 Å². The first kappa shape index (κ1) is 22.9. The van der Waals surface area contributed by atoms with Gasteiger partial charge in [0.1, 0.15) is 0 Å². The molecule has 33 heavy (non-hydrogen) atoms. The predicted molar refractivity (Wildman–Crippen MR) is 121 cm³/mol. The minimum Gasteiger partial charge on any atom is -0.296 e. The van der Waals surface area contributed by atoms with E-state index in [1.807, 2.05) is 0 Å². The van der Waals surface area contributed by atoms with Crippen LogP contribution < -0.4 is 10.9 Å². The summed E-state index contributed by atoms with van der Waals surface area (Å²) in [6.07, 6.45) is -2.88. The number of nitrogens with one attached hydrogen (secondary N) is 1. The molecule has 1 amide bonds. The lowest BCUT2D eigenvalue weighted by molar-refractivity contribution is -0.137. The fraction of sp³-hybridized carbons (Fsp3) is 0.182. The Hall–Kier alpha value is -3.24. The van der Waals surface area contributed by atoms with Crippen LogP contribution in [0, 0.1) is 0 Å². The van der Waals surface area contributed by atoms with Gasteiger partial charge in [-0.25, -0.2) is 9.67 Å². The zero-order valence-corrected chi connectivity index (χ0v) is 18.7. The first-order valence-corrected chi connectivity index (χ1v) is 11.0. The maximum Gasteiger partial charge on any atom is 0.416 e. The summed E-state index contributed by atoms with van der Waals surface area (Å²) in [5.41, 5.74) is -0.705. The molecular formula is C22H16ClF3N4O2S. The number of anilines is 1. The zero-order chi connectivity index (χ0) is 23.8. The van der Waals surface area contributed by atoms with Gasteiger partial charge in [-0.05, 0) is 36.8 Å². The average molecular weight is 493 g/mol. The lowest BCUT2D eigenvalue weighted by Crippen LogP contribution is -2.27. The SMILES string of the molecule is CCn1nc(C(=O)Nc2ncc(Cc3cc(C(F)(F)F)ccc3Cl)s2)c2ccccc2c1=O. The number of carbonyl (C=O) groups is 1. The van der Waals surface area contributed by atoms with Crippen molar-refractivity contribution in [3.63, 3.8) is 0 Å². The third-order valence-electron chi connectivity index (χ3n) is 4.89. The van der Waals surface area contributed by atoms with Crippen LogP contribution in [-0.4, -0.2) is 20.7 Å². The van der Waals surface area contributed by atoms with E-state index in [-0.39, 0.29) is 27.8 Å². The fourth-order valence-corrected chi connectivity index (χ4v) is 4.31. The highest BCUT2D eigenvalue weighted by Crippen LogP contribution is 2.33. The summed E-state index contributed by atoms with van der Waals surface area (Å²) < 4.78 is 40.2. The number of alkyl halides is 3. The van der Waals surface area contributed by atoms with Crippen LogP contribution in [0.3, 0.4) is 0 Å². The Morgan fingerprint density at radius 3 is 2.61 bits per heavy atom. The van der Waals surface area contributed by atoms with Gasteiger partial charge in [0.25, 0.3) is 11.5 Å². The van der Waals surface area contributed by atoms with E-state index in [1.165, 1.54) is 16.9 Å². The summed E-state index contributed by atoms with van der Waals surface area (Å²) in [4.78, 5) is 30.1. The molecule has 0 saturated carbocycles. The maximum atomic E-state index is 13.0. The maximum absolute atomic E-state index is 13.0. The summed E-state index contributed by atoms with van der Waals surface area (Å²) in [7, 11) is 0. The van der Waals surface area contributed by atoms with Crippen LogP contribution >= 0.6 is 22.9 Å². The molecule has 0 fully saturated rings. The van der Waals surface area contributed by atoms with Gasteiger partial charge in [0.2, 0.25) is 0 Å². The largest absolute Gasteiger partial charge is 0.416 e. The van der Waals surface area contributed by atoms with Crippen LogP contribution in [0.15, 0.2) is 53.5 Å². The Bertz CT molecular complexity index is 1420. The molecule has 0 unspecified atom stereocenters. The van der Waals surface area contributed by atoms with Gasteiger partial charge in [-0.15, -0.1) is 11.3 Å². The van der Waals surface area contributed by atoms with Crippen molar-refractivity contribution < 1.29 is 18.0 Å². The van der Waals surface area contributed by atoms with Crippen molar-refractivity contribution in [1.29, 1.82) is 0 Å². The van der Waals surface area contributed by atoms with Crippen LogP contribution in [-0.2, 0) is 19.1 Å². The van der Waals surface area contributed by atoms with E-state index in [1.54, 1.807) is 31.2 Å². The fourth-order valence-electron chi connectivity index (χ4n) is 3.29. The monoisotopic (exact) mass is 492 g/mol. The molecule has 2 aromatic heterocycles. The minimum atomic E-state index is -4.48. The highest BCUT2D eigenvalue weighted by Gasteiger charge is 2.31. The Morgan fingerprint density at radius 1 is 1.18 bits per heavy atom. The number of thiazole rings is 1. The van der Waals surface area contributed by atoms with Crippen molar-refractivity contribution in [2.45, 2.75) is 26.1 Å². The summed E-state index contributed by atoms with van der Waals surface area (Å²) in [5.74, 6) is -0.550. The minimum absolute atomic E-state index is 0.0738. The highest BCUT2D eigenvalue weighted by molar-refractivity contribution is 7.15. The number of aromatic nitrogens is 3. The molecule has 6 nitrogen and oxygen atoms in total. The first-order valence-electron chi connectivity index (χ1n) is 9.79. The first-order chi connectivity index (χ1) is 15.7. The van der Waals surface area contributed by atoms with Gasteiger partial charge in [0.05, 0.1) is 10.9 Å². The lowest BCUT2D eigenvalue weighted by Gasteiger charge is -2.10. The molecule has 0 aliphatic carbocycles. The predicted octanol–water partition coefficient (Wildman–Crippen LogP) is 5.39. The molecule has 4 aromatic rings. The van der Waals surface area contributed by atoms with Crippen LogP contribution in [0.5, 0.6) is 0 Å². The second kappa shape index (κ2) is 8.95. The van der Waals surface area contributed by atoms with Gasteiger partial charge < -0.3 is 0 Å². The number of halogens is 4. The molecular weight excluding hydrogens is 477 g/mol. The summed E-state index contributed by atoms with van der Waals surface area (Å²) in [6.45, 7) is 2.04. The third-order valence-corrected chi connectivity index (χ3v) is 6.18. The molecule has 0 aliphatic heterocycles. The molecule has 0 saturated heterocycles. The van der Waals surface area contributed by atoms with E-state index in [0.717, 1.165) is 23.5 Å². The summed E-state index contributed by atoms with van der Waals surface area (Å²) in [6, 6.07) is 9.82. The number of rotatable bonds is 5. The van der Waals surface area contributed by atoms with E-state index in [0.29, 0.717) is 27.8 Å². The molecule has 2 heterocycles. The van der Waals surface area contributed by atoms with Crippen molar-refractivity contribution in [3.8, 4) is 0 Å². The van der Waals surface area contributed by atoms with Gasteiger partial charge >= 0.3 is 6.18 Å². The van der Waals surface area contributed by atoms with Gasteiger partial charge in [-0.3, -0.25) is 14.9 Å². The lowest BCUT2D eigenvalue weighted by atomic mass is 10.1. The van der Waals surface area contributed by atoms with E-state index in [4.69, 9.17) is 11.6 Å². The van der Waals surface area contributed by atoms with Crippen LogP contribution in [0.2, 0.25) is 5.02 Å². The number of fused-ring (bicyclic) bond motifs is 1. The highest BCUT2D eigenvalue weighted by atomic mass is 35.5. The second-order valence-corrected chi connectivity index (χ2v) is 8.60. The van der Waals surface area contributed by atoms with E-state index in [9.17, 15) is 22.8 Å². The Labute approximate surface area is 194 Å². The quantitative estimate of drug-likeness (QED) is 0.405. The van der Waals surface area contributed by atoms with E-state index >= 15 is 0 Å². The van der Waals surface area contributed by atoms with Crippen LogP contribution in [0.4, 0.5) is 18.3 Å². The summed E-state index contributed by atoms with van der Waals surface area (Å²) >= 11 is 7.19.